The molecule has 1 heterocycles. The van der Waals surface area contributed by atoms with Gasteiger partial charge < -0.3 is 0 Å². The van der Waals surface area contributed by atoms with E-state index in [1.54, 1.807) is 6.07 Å². The van der Waals surface area contributed by atoms with Crippen molar-refractivity contribution in [2.45, 2.75) is 6.92 Å². The topological polar surface area (TPSA) is 17.1 Å². The lowest BCUT2D eigenvalue weighted by atomic mass is 10.1. The van der Waals surface area contributed by atoms with Crippen LogP contribution in [0.25, 0.3) is 0 Å². The van der Waals surface area contributed by atoms with Crippen LogP contribution in [-0.2, 0) is 0 Å². The van der Waals surface area contributed by atoms with E-state index in [-0.39, 0.29) is 5.56 Å². The van der Waals surface area contributed by atoms with Gasteiger partial charge in [-0.15, -0.1) is 11.3 Å². The van der Waals surface area contributed by atoms with Crippen molar-refractivity contribution in [3.63, 3.8) is 0 Å². The van der Waals surface area contributed by atoms with Crippen LogP contribution in [0.4, 0.5) is 8.78 Å². The predicted octanol–water partition coefficient (Wildman–Crippen LogP) is 4.33. The molecule has 17 heavy (non-hydrogen) atoms. The monoisotopic (exact) mass is 316 g/mol. The molecule has 0 fully saturated rings. The third-order valence-electron chi connectivity index (χ3n) is 2.21. The van der Waals surface area contributed by atoms with Crippen LogP contribution in [0.3, 0.4) is 0 Å². The number of ketones is 1. The molecule has 0 aliphatic rings. The molecule has 0 aliphatic heterocycles. The zero-order valence-corrected chi connectivity index (χ0v) is 11.2. The van der Waals surface area contributed by atoms with Gasteiger partial charge in [0.1, 0.15) is 0 Å². The first kappa shape index (κ1) is 12.4. The average molecular weight is 317 g/mol. The summed E-state index contributed by atoms with van der Waals surface area (Å²) in [7, 11) is 0. The number of benzene rings is 1. The molecule has 2 aromatic rings. The molecule has 1 aromatic carbocycles. The number of carbonyl (C=O) groups excluding carboxylic acids is 1. The third kappa shape index (κ3) is 2.30. The van der Waals surface area contributed by atoms with Crippen molar-refractivity contribution in [2.75, 3.05) is 0 Å². The minimum absolute atomic E-state index is 0.243. The van der Waals surface area contributed by atoms with Crippen molar-refractivity contribution in [2.24, 2.45) is 0 Å². The van der Waals surface area contributed by atoms with Gasteiger partial charge in [-0.3, -0.25) is 4.79 Å². The Bertz CT molecular complexity index is 592. The summed E-state index contributed by atoms with van der Waals surface area (Å²) in [4.78, 5) is 13.3. The summed E-state index contributed by atoms with van der Waals surface area (Å²) < 4.78 is 27.1. The highest BCUT2D eigenvalue weighted by atomic mass is 79.9. The Morgan fingerprint density at radius 3 is 2.65 bits per heavy atom. The molecular formula is C12H7BrF2OS. The molecule has 0 bridgehead atoms. The quantitative estimate of drug-likeness (QED) is 0.754. The summed E-state index contributed by atoms with van der Waals surface area (Å²) in [5.74, 6) is -2.62. The lowest BCUT2D eigenvalue weighted by Crippen LogP contribution is -2.04. The van der Waals surface area contributed by atoms with Crippen molar-refractivity contribution in [1.29, 1.82) is 0 Å². The maximum absolute atomic E-state index is 13.5. The van der Waals surface area contributed by atoms with Crippen LogP contribution in [0.2, 0.25) is 0 Å². The van der Waals surface area contributed by atoms with Gasteiger partial charge in [0, 0.05) is 9.35 Å². The van der Waals surface area contributed by atoms with Gasteiger partial charge in [0.2, 0.25) is 5.78 Å². The minimum atomic E-state index is -1.10. The maximum Gasteiger partial charge on any atom is 0.207 e. The van der Waals surface area contributed by atoms with Crippen LogP contribution in [0, 0.1) is 18.6 Å². The first-order valence-electron chi connectivity index (χ1n) is 4.75. The van der Waals surface area contributed by atoms with Gasteiger partial charge in [-0.05, 0) is 41.1 Å². The summed E-state index contributed by atoms with van der Waals surface area (Å²) in [6.45, 7) is 1.84. The van der Waals surface area contributed by atoms with Gasteiger partial charge in [0.25, 0.3) is 0 Å². The van der Waals surface area contributed by atoms with E-state index in [1.807, 2.05) is 6.92 Å². The normalized spacial score (nSPS) is 10.6. The minimum Gasteiger partial charge on any atom is -0.288 e. The number of carbonyl (C=O) groups is 1. The fourth-order valence-electron chi connectivity index (χ4n) is 1.44. The lowest BCUT2D eigenvalue weighted by Gasteiger charge is -2.01. The predicted molar refractivity (Wildman–Crippen MR) is 66.5 cm³/mol. The molecule has 0 atom stereocenters. The number of hydrogen-bond acceptors (Lipinski definition) is 2. The van der Waals surface area contributed by atoms with E-state index in [1.165, 1.54) is 23.5 Å². The van der Waals surface area contributed by atoms with E-state index < -0.39 is 17.4 Å². The number of halogens is 3. The summed E-state index contributed by atoms with van der Waals surface area (Å²) in [6, 6.07) is 5.36. The largest absolute Gasteiger partial charge is 0.288 e. The second-order valence-corrected chi connectivity index (χ2v) is 5.58. The molecule has 0 radical (unpaired) electrons. The van der Waals surface area contributed by atoms with Crippen LogP contribution in [0.5, 0.6) is 0 Å². The molecule has 0 spiro atoms. The highest BCUT2D eigenvalue weighted by molar-refractivity contribution is 9.10. The van der Waals surface area contributed by atoms with Crippen LogP contribution in [-0.4, -0.2) is 5.78 Å². The molecule has 0 saturated carbocycles. The van der Waals surface area contributed by atoms with E-state index in [0.29, 0.717) is 9.35 Å². The average Bonchev–Trinajstić information content (AvgIpc) is 2.61. The summed E-state index contributed by atoms with van der Waals surface area (Å²) >= 11 is 4.48. The van der Waals surface area contributed by atoms with Crippen molar-refractivity contribution in [3.8, 4) is 0 Å². The third-order valence-corrected chi connectivity index (χ3v) is 4.15. The first-order chi connectivity index (χ1) is 8.00. The van der Waals surface area contributed by atoms with Crippen molar-refractivity contribution in [1.82, 2.24) is 0 Å². The Balaban J connectivity index is 2.51. The second kappa shape index (κ2) is 4.66. The maximum atomic E-state index is 13.5. The van der Waals surface area contributed by atoms with Crippen LogP contribution in [0.1, 0.15) is 20.1 Å². The van der Waals surface area contributed by atoms with Crippen molar-refractivity contribution >= 4 is 33.0 Å². The van der Waals surface area contributed by atoms with Crippen molar-refractivity contribution < 1.29 is 13.6 Å². The van der Waals surface area contributed by atoms with E-state index in [0.717, 1.165) is 10.9 Å². The summed E-state index contributed by atoms with van der Waals surface area (Å²) in [5, 5.41) is 0. The molecule has 0 amide bonds. The van der Waals surface area contributed by atoms with E-state index >= 15 is 0 Å². The van der Waals surface area contributed by atoms with E-state index in [9.17, 15) is 13.6 Å². The highest BCUT2D eigenvalue weighted by Crippen LogP contribution is 2.29. The van der Waals surface area contributed by atoms with Crippen LogP contribution < -0.4 is 0 Å². The molecule has 0 saturated heterocycles. The SMILES string of the molecule is Cc1cc(Br)c(C(=O)c2cccc(F)c2F)s1. The van der Waals surface area contributed by atoms with Gasteiger partial charge in [-0.1, -0.05) is 6.07 Å². The molecule has 1 nitrogen and oxygen atoms in total. The summed E-state index contributed by atoms with van der Waals surface area (Å²) in [6.07, 6.45) is 0. The number of rotatable bonds is 2. The van der Waals surface area contributed by atoms with E-state index in [2.05, 4.69) is 15.9 Å². The fourth-order valence-corrected chi connectivity index (χ4v) is 3.22. The zero-order chi connectivity index (χ0) is 12.6. The van der Waals surface area contributed by atoms with Crippen molar-refractivity contribution in [3.05, 3.63) is 55.7 Å². The molecular weight excluding hydrogens is 310 g/mol. The number of thiophene rings is 1. The summed E-state index contributed by atoms with van der Waals surface area (Å²) in [5.41, 5.74) is -0.243. The zero-order valence-electron chi connectivity index (χ0n) is 8.76. The molecule has 0 N–H and O–H groups in total. The Hall–Kier alpha value is -1.07. The van der Waals surface area contributed by atoms with Gasteiger partial charge in [-0.25, -0.2) is 8.78 Å². The lowest BCUT2D eigenvalue weighted by molar-refractivity contribution is 0.103. The van der Waals surface area contributed by atoms with Crippen LogP contribution >= 0.6 is 27.3 Å². The molecule has 0 aliphatic carbocycles. The molecule has 1 aromatic heterocycles. The number of aryl methyl sites for hydroxylation is 1. The van der Waals surface area contributed by atoms with Gasteiger partial charge in [0.05, 0.1) is 10.4 Å². The Morgan fingerprint density at radius 1 is 1.35 bits per heavy atom. The van der Waals surface area contributed by atoms with Crippen LogP contribution in [0.15, 0.2) is 28.7 Å². The Kier molecular flexibility index (Phi) is 3.40. The fraction of sp³-hybridized carbons (Fsp3) is 0.0833. The Morgan fingerprint density at radius 2 is 2.06 bits per heavy atom. The second-order valence-electron chi connectivity index (χ2n) is 3.46. The molecule has 5 heteroatoms. The van der Waals surface area contributed by atoms with Gasteiger partial charge >= 0.3 is 0 Å². The molecule has 88 valence electrons. The van der Waals surface area contributed by atoms with Gasteiger partial charge in [-0.2, -0.15) is 0 Å². The molecule has 0 unspecified atom stereocenters. The number of hydrogen-bond donors (Lipinski definition) is 0. The Labute approximate surface area is 109 Å². The van der Waals surface area contributed by atoms with E-state index in [4.69, 9.17) is 0 Å². The standard InChI is InChI=1S/C12H7BrF2OS/c1-6-5-8(13)12(17-6)11(16)7-3-2-4-9(14)10(7)15/h2-5H,1H3. The smallest absolute Gasteiger partial charge is 0.207 e. The van der Waals surface area contributed by atoms with Gasteiger partial charge in [0.15, 0.2) is 11.6 Å². The first-order valence-corrected chi connectivity index (χ1v) is 6.36. The highest BCUT2D eigenvalue weighted by Gasteiger charge is 2.20. The molecule has 2 rings (SSSR count).